The molecule has 0 radical (unpaired) electrons. The van der Waals surface area contributed by atoms with E-state index in [0.717, 1.165) is 5.56 Å². The first kappa shape index (κ1) is 26.5. The molecule has 0 unspecified atom stereocenters. The summed E-state index contributed by atoms with van der Waals surface area (Å²) in [7, 11) is 1.65. The molecule has 11 heteroatoms. The highest BCUT2D eigenvalue weighted by molar-refractivity contribution is 5.98. The zero-order valence-electron chi connectivity index (χ0n) is 20.1. The van der Waals surface area contributed by atoms with Gasteiger partial charge in [-0.2, -0.15) is 5.10 Å². The summed E-state index contributed by atoms with van der Waals surface area (Å²) in [4.78, 5) is 36.9. The predicted octanol–water partition coefficient (Wildman–Crippen LogP) is 2.93. The zero-order valence-corrected chi connectivity index (χ0v) is 20.1. The van der Waals surface area contributed by atoms with Gasteiger partial charge in [0.15, 0.2) is 0 Å². The highest BCUT2D eigenvalue weighted by Crippen LogP contribution is 2.17. The largest absolute Gasteiger partial charge is 0.445 e. The molecule has 34 heavy (non-hydrogen) atoms. The quantitative estimate of drug-likeness (QED) is 0.387. The summed E-state index contributed by atoms with van der Waals surface area (Å²) in [6.45, 7) is 5.81. The predicted molar refractivity (Wildman–Crippen MR) is 128 cm³/mol. The SMILES string of the molecule is Cn1ncc(NC(=O)[C@H](CCCCNC(=O)OC(C)(C)C)NC(=O)OCc2ccccc2)c1N. The standard InChI is InChI=1S/C23H34N6O5/c1-23(2,3)34-21(31)25-13-9-8-12-17(20(30)27-18-14-26-29(4)19(18)24)28-22(32)33-15-16-10-6-5-7-11-16/h5-7,10-11,14,17H,8-9,12-13,15,24H2,1-4H3,(H,25,31)(H,27,30)(H,28,32)/t17-/m0/s1. The van der Waals surface area contributed by atoms with Crippen molar-refractivity contribution in [3.63, 3.8) is 0 Å². The van der Waals surface area contributed by atoms with Crippen LogP contribution < -0.4 is 21.7 Å². The Bertz CT molecular complexity index is 955. The van der Waals surface area contributed by atoms with Gasteiger partial charge in [-0.25, -0.2) is 9.59 Å². The molecule has 3 amide bonds. The van der Waals surface area contributed by atoms with Gasteiger partial charge in [-0.1, -0.05) is 30.3 Å². The number of aryl methyl sites for hydroxylation is 1. The van der Waals surface area contributed by atoms with Gasteiger partial charge in [0.2, 0.25) is 5.91 Å². The Morgan fingerprint density at radius 2 is 1.82 bits per heavy atom. The first-order chi connectivity index (χ1) is 16.0. The van der Waals surface area contributed by atoms with Crippen LogP contribution in [0.15, 0.2) is 36.5 Å². The molecule has 0 bridgehead atoms. The van der Waals surface area contributed by atoms with Crippen LogP contribution in [0, 0.1) is 0 Å². The molecule has 0 spiro atoms. The smallest absolute Gasteiger partial charge is 0.408 e. The van der Waals surface area contributed by atoms with Crippen LogP contribution in [0.1, 0.15) is 45.6 Å². The average molecular weight is 475 g/mol. The fraction of sp³-hybridized carbons (Fsp3) is 0.478. The molecule has 186 valence electrons. The van der Waals surface area contributed by atoms with E-state index in [0.29, 0.717) is 37.3 Å². The summed E-state index contributed by atoms with van der Waals surface area (Å²) in [6, 6.07) is 8.35. The van der Waals surface area contributed by atoms with E-state index in [-0.39, 0.29) is 6.61 Å². The van der Waals surface area contributed by atoms with Crippen LogP contribution in [0.5, 0.6) is 0 Å². The van der Waals surface area contributed by atoms with Gasteiger partial charge in [-0.05, 0) is 45.6 Å². The highest BCUT2D eigenvalue weighted by atomic mass is 16.6. The number of rotatable bonds is 10. The van der Waals surface area contributed by atoms with Crippen molar-refractivity contribution in [1.29, 1.82) is 0 Å². The second kappa shape index (κ2) is 12.5. The Labute approximate surface area is 199 Å². The van der Waals surface area contributed by atoms with E-state index < -0.39 is 29.7 Å². The normalized spacial score (nSPS) is 11.9. The molecule has 0 aliphatic heterocycles. The maximum absolute atomic E-state index is 12.8. The minimum atomic E-state index is -0.871. The lowest BCUT2D eigenvalue weighted by molar-refractivity contribution is -0.118. The molecule has 0 fully saturated rings. The number of benzene rings is 1. The van der Waals surface area contributed by atoms with Gasteiger partial charge in [0.25, 0.3) is 0 Å². The molecule has 2 aromatic rings. The van der Waals surface area contributed by atoms with Crippen LogP contribution >= 0.6 is 0 Å². The number of alkyl carbamates (subject to hydrolysis) is 2. The molecule has 11 nitrogen and oxygen atoms in total. The number of hydrogen-bond acceptors (Lipinski definition) is 7. The molecule has 0 saturated heterocycles. The number of aromatic nitrogens is 2. The summed E-state index contributed by atoms with van der Waals surface area (Å²) in [5.74, 6) is -0.156. The Morgan fingerprint density at radius 3 is 2.44 bits per heavy atom. The van der Waals surface area contributed by atoms with Gasteiger partial charge in [-0.3, -0.25) is 9.48 Å². The number of nitrogens with two attached hydrogens (primary N) is 1. The van der Waals surface area contributed by atoms with Gasteiger partial charge in [0.1, 0.15) is 29.8 Å². The van der Waals surface area contributed by atoms with Gasteiger partial charge in [0.05, 0.1) is 6.20 Å². The lowest BCUT2D eigenvalue weighted by atomic mass is 10.1. The molecule has 1 aromatic heterocycles. The number of nitrogens with zero attached hydrogens (tertiary/aromatic N) is 2. The number of nitrogen functional groups attached to an aromatic ring is 1. The Morgan fingerprint density at radius 1 is 1.12 bits per heavy atom. The molecule has 0 aliphatic rings. The average Bonchev–Trinajstić information content (AvgIpc) is 3.08. The summed E-state index contributed by atoms with van der Waals surface area (Å²) in [6.07, 6.45) is 1.67. The first-order valence-electron chi connectivity index (χ1n) is 11.1. The third kappa shape index (κ3) is 9.39. The van der Waals surface area contributed by atoms with Gasteiger partial charge >= 0.3 is 12.2 Å². The molecule has 5 N–H and O–H groups in total. The summed E-state index contributed by atoms with van der Waals surface area (Å²) >= 11 is 0. The van der Waals surface area contributed by atoms with E-state index in [1.807, 2.05) is 30.3 Å². The number of unbranched alkanes of at least 4 members (excludes halogenated alkanes) is 1. The maximum Gasteiger partial charge on any atom is 0.408 e. The Kier molecular flexibility index (Phi) is 9.72. The molecular formula is C23H34N6O5. The fourth-order valence-corrected chi connectivity index (χ4v) is 2.92. The second-order valence-electron chi connectivity index (χ2n) is 8.74. The number of carbonyl (C=O) groups excluding carboxylic acids is 3. The van der Waals surface area contributed by atoms with Crippen molar-refractivity contribution < 1.29 is 23.9 Å². The number of hydrogen-bond donors (Lipinski definition) is 4. The molecule has 1 aromatic carbocycles. The van der Waals surface area contributed by atoms with Gasteiger partial charge < -0.3 is 31.2 Å². The van der Waals surface area contributed by atoms with Crippen LogP contribution in [-0.4, -0.2) is 46.1 Å². The molecule has 2 rings (SSSR count). The van der Waals surface area contributed by atoms with Crippen LogP contribution in [0.25, 0.3) is 0 Å². The van der Waals surface area contributed by atoms with E-state index >= 15 is 0 Å². The molecule has 0 aliphatic carbocycles. The van der Waals surface area contributed by atoms with E-state index in [1.54, 1.807) is 27.8 Å². The second-order valence-corrected chi connectivity index (χ2v) is 8.74. The summed E-state index contributed by atoms with van der Waals surface area (Å²) < 4.78 is 11.9. The summed E-state index contributed by atoms with van der Waals surface area (Å²) in [5, 5.41) is 12.0. The van der Waals surface area contributed by atoms with E-state index in [2.05, 4.69) is 21.0 Å². The Hall–Kier alpha value is -3.76. The van der Waals surface area contributed by atoms with Crippen LogP contribution in [0.2, 0.25) is 0 Å². The van der Waals surface area contributed by atoms with Crippen molar-refractivity contribution in [2.75, 3.05) is 17.6 Å². The van der Waals surface area contributed by atoms with Crippen molar-refractivity contribution in [3.05, 3.63) is 42.1 Å². The monoisotopic (exact) mass is 474 g/mol. The van der Waals surface area contributed by atoms with Crippen molar-refractivity contribution in [2.24, 2.45) is 7.05 Å². The molecule has 0 saturated carbocycles. The lowest BCUT2D eigenvalue weighted by Gasteiger charge is -2.20. The van der Waals surface area contributed by atoms with Crippen LogP contribution in [-0.2, 0) is 27.9 Å². The van der Waals surface area contributed by atoms with E-state index in [1.165, 1.54) is 10.9 Å². The number of anilines is 2. The minimum absolute atomic E-state index is 0.0797. The first-order valence-corrected chi connectivity index (χ1v) is 11.1. The lowest BCUT2D eigenvalue weighted by Crippen LogP contribution is -2.44. The highest BCUT2D eigenvalue weighted by Gasteiger charge is 2.23. The number of amides is 3. The molecular weight excluding hydrogens is 440 g/mol. The number of ether oxygens (including phenoxy) is 2. The van der Waals surface area contributed by atoms with Crippen molar-refractivity contribution in [3.8, 4) is 0 Å². The van der Waals surface area contributed by atoms with Crippen LogP contribution in [0.4, 0.5) is 21.1 Å². The molecule has 1 heterocycles. The van der Waals surface area contributed by atoms with Gasteiger partial charge in [0, 0.05) is 13.6 Å². The maximum atomic E-state index is 12.8. The van der Waals surface area contributed by atoms with Crippen molar-refractivity contribution >= 4 is 29.6 Å². The Balaban J connectivity index is 1.89. The number of carbonyl (C=O) groups is 3. The van der Waals surface area contributed by atoms with E-state index in [9.17, 15) is 14.4 Å². The van der Waals surface area contributed by atoms with E-state index in [4.69, 9.17) is 15.2 Å². The van der Waals surface area contributed by atoms with Crippen LogP contribution in [0.3, 0.4) is 0 Å². The topological polar surface area (TPSA) is 150 Å². The minimum Gasteiger partial charge on any atom is -0.445 e. The fourth-order valence-electron chi connectivity index (χ4n) is 2.92. The third-order valence-electron chi connectivity index (χ3n) is 4.65. The molecule has 1 atom stereocenters. The summed E-state index contributed by atoms with van der Waals surface area (Å²) in [5.41, 5.74) is 6.50. The van der Waals surface area contributed by atoms with Gasteiger partial charge in [-0.15, -0.1) is 0 Å². The zero-order chi connectivity index (χ0) is 25.1. The third-order valence-corrected chi connectivity index (χ3v) is 4.65. The van der Waals surface area contributed by atoms with Crippen molar-refractivity contribution in [2.45, 2.75) is 58.3 Å². The van der Waals surface area contributed by atoms with Crippen molar-refractivity contribution in [1.82, 2.24) is 20.4 Å². The number of nitrogens with one attached hydrogen (secondary N) is 3.